The van der Waals surface area contributed by atoms with E-state index in [4.69, 9.17) is 4.74 Å². The van der Waals surface area contributed by atoms with E-state index >= 15 is 0 Å². The monoisotopic (exact) mass is 286 g/mol. The molecule has 0 bridgehead atoms. The molecule has 0 saturated heterocycles. The number of hydrogen-bond acceptors (Lipinski definition) is 4. The number of hydrogen-bond donors (Lipinski definition) is 2. The summed E-state index contributed by atoms with van der Waals surface area (Å²) < 4.78 is 32.0. The van der Waals surface area contributed by atoms with Gasteiger partial charge in [0.05, 0.1) is 12.3 Å². The third kappa shape index (κ3) is 5.18. The second-order valence-electron chi connectivity index (χ2n) is 4.02. The predicted molar refractivity (Wildman–Crippen MR) is 76.9 cm³/mol. The Hall–Kier alpha value is -1.11. The summed E-state index contributed by atoms with van der Waals surface area (Å²) in [5, 5.41) is 3.12. The normalized spacial score (nSPS) is 11.5. The van der Waals surface area contributed by atoms with Gasteiger partial charge < -0.3 is 10.1 Å². The maximum atomic E-state index is 12.2. The van der Waals surface area contributed by atoms with E-state index in [2.05, 4.69) is 10.0 Å². The maximum absolute atomic E-state index is 12.2. The van der Waals surface area contributed by atoms with Crippen molar-refractivity contribution in [1.82, 2.24) is 4.72 Å². The summed E-state index contributed by atoms with van der Waals surface area (Å²) in [4.78, 5) is 0.278. The number of nitrogens with one attached hydrogen (secondary N) is 2. The second kappa shape index (κ2) is 8.14. The van der Waals surface area contributed by atoms with Crippen molar-refractivity contribution in [3.63, 3.8) is 0 Å². The summed E-state index contributed by atoms with van der Waals surface area (Å²) >= 11 is 0. The standard InChI is InChI=1S/C13H22N2O3S/c1-3-9-14-12-7-5-6-8-13(12)19(16,17)15-10-11-18-4-2/h5-8,14-15H,3-4,9-11H2,1-2H3. The van der Waals surface area contributed by atoms with Gasteiger partial charge in [0.2, 0.25) is 10.0 Å². The highest BCUT2D eigenvalue weighted by atomic mass is 32.2. The minimum atomic E-state index is -3.49. The molecule has 0 heterocycles. The van der Waals surface area contributed by atoms with E-state index in [1.54, 1.807) is 18.2 Å². The first-order valence-corrected chi connectivity index (χ1v) is 8.00. The first-order chi connectivity index (χ1) is 9.11. The third-order valence-electron chi connectivity index (χ3n) is 2.48. The van der Waals surface area contributed by atoms with Crippen molar-refractivity contribution >= 4 is 15.7 Å². The fourth-order valence-corrected chi connectivity index (χ4v) is 2.77. The van der Waals surface area contributed by atoms with Crippen LogP contribution in [0.15, 0.2) is 29.2 Å². The molecular weight excluding hydrogens is 264 g/mol. The molecule has 0 aliphatic heterocycles. The van der Waals surface area contributed by atoms with Gasteiger partial charge in [0.25, 0.3) is 0 Å². The summed E-state index contributed by atoms with van der Waals surface area (Å²) in [6, 6.07) is 6.90. The van der Waals surface area contributed by atoms with Gasteiger partial charge in [-0.15, -0.1) is 0 Å². The predicted octanol–water partition coefficient (Wildman–Crippen LogP) is 1.82. The third-order valence-corrected chi connectivity index (χ3v) is 4.00. The minimum Gasteiger partial charge on any atom is -0.384 e. The molecule has 0 fully saturated rings. The van der Waals surface area contributed by atoms with E-state index in [-0.39, 0.29) is 11.4 Å². The Morgan fingerprint density at radius 3 is 2.58 bits per heavy atom. The van der Waals surface area contributed by atoms with Crippen LogP contribution in [-0.4, -0.2) is 34.7 Å². The molecule has 1 aromatic carbocycles. The van der Waals surface area contributed by atoms with Gasteiger partial charge in [0, 0.05) is 19.7 Å². The average Bonchev–Trinajstić information content (AvgIpc) is 2.41. The topological polar surface area (TPSA) is 67.4 Å². The van der Waals surface area contributed by atoms with Crippen LogP contribution in [0.5, 0.6) is 0 Å². The zero-order valence-corrected chi connectivity index (χ0v) is 12.3. The van der Waals surface area contributed by atoms with Gasteiger partial charge in [0.1, 0.15) is 4.90 Å². The van der Waals surface area contributed by atoms with Crippen LogP contribution < -0.4 is 10.0 Å². The zero-order valence-electron chi connectivity index (χ0n) is 11.5. The quantitative estimate of drug-likeness (QED) is 0.680. The Kier molecular flexibility index (Phi) is 6.83. The lowest BCUT2D eigenvalue weighted by Gasteiger charge is -2.12. The molecule has 6 heteroatoms. The molecular formula is C13H22N2O3S. The molecule has 0 spiro atoms. The molecule has 1 aromatic rings. The second-order valence-corrected chi connectivity index (χ2v) is 5.75. The molecule has 0 atom stereocenters. The summed E-state index contributed by atoms with van der Waals surface area (Å²) in [5.41, 5.74) is 0.633. The number of anilines is 1. The Bertz CT molecular complexity index is 475. The highest BCUT2D eigenvalue weighted by Crippen LogP contribution is 2.20. The Morgan fingerprint density at radius 1 is 1.16 bits per heavy atom. The lowest BCUT2D eigenvalue weighted by atomic mass is 10.3. The molecule has 0 amide bonds. The molecule has 0 aliphatic rings. The first kappa shape index (κ1) is 15.9. The smallest absolute Gasteiger partial charge is 0.242 e. The van der Waals surface area contributed by atoms with Crippen LogP contribution in [-0.2, 0) is 14.8 Å². The van der Waals surface area contributed by atoms with Crippen LogP contribution in [0.2, 0.25) is 0 Å². The van der Waals surface area contributed by atoms with Crippen molar-refractivity contribution in [3.05, 3.63) is 24.3 Å². The van der Waals surface area contributed by atoms with E-state index in [1.807, 2.05) is 19.9 Å². The van der Waals surface area contributed by atoms with Gasteiger partial charge in [-0.05, 0) is 25.5 Å². The molecule has 108 valence electrons. The SMILES string of the molecule is CCCNc1ccccc1S(=O)(=O)NCCOCC. The van der Waals surface area contributed by atoms with Crippen molar-refractivity contribution in [2.45, 2.75) is 25.2 Å². The van der Waals surface area contributed by atoms with Gasteiger partial charge in [-0.1, -0.05) is 19.1 Å². The molecule has 2 N–H and O–H groups in total. The van der Waals surface area contributed by atoms with Crippen LogP contribution in [0.25, 0.3) is 0 Å². The van der Waals surface area contributed by atoms with E-state index in [0.29, 0.717) is 18.9 Å². The van der Waals surface area contributed by atoms with E-state index in [0.717, 1.165) is 13.0 Å². The zero-order chi connectivity index (χ0) is 14.1. The van der Waals surface area contributed by atoms with Crippen molar-refractivity contribution < 1.29 is 13.2 Å². The first-order valence-electron chi connectivity index (χ1n) is 6.52. The van der Waals surface area contributed by atoms with E-state index in [9.17, 15) is 8.42 Å². The Labute approximate surface area is 115 Å². The maximum Gasteiger partial charge on any atom is 0.242 e. The fourth-order valence-electron chi connectivity index (χ4n) is 1.58. The van der Waals surface area contributed by atoms with Crippen molar-refractivity contribution in [1.29, 1.82) is 0 Å². The van der Waals surface area contributed by atoms with E-state index in [1.165, 1.54) is 0 Å². The summed E-state index contributed by atoms with van der Waals surface area (Å²) in [6.07, 6.45) is 0.937. The fraction of sp³-hybridized carbons (Fsp3) is 0.538. The summed E-state index contributed by atoms with van der Waals surface area (Å²) in [5.74, 6) is 0. The van der Waals surface area contributed by atoms with Crippen LogP contribution >= 0.6 is 0 Å². The molecule has 5 nitrogen and oxygen atoms in total. The number of sulfonamides is 1. The minimum absolute atomic E-state index is 0.276. The van der Waals surface area contributed by atoms with Gasteiger partial charge in [-0.25, -0.2) is 13.1 Å². The lowest BCUT2D eigenvalue weighted by Crippen LogP contribution is -2.28. The summed E-state index contributed by atoms with van der Waals surface area (Å²) in [7, 11) is -3.49. The Balaban J connectivity index is 2.76. The van der Waals surface area contributed by atoms with Gasteiger partial charge >= 0.3 is 0 Å². The van der Waals surface area contributed by atoms with Gasteiger partial charge in [-0.2, -0.15) is 0 Å². The van der Waals surface area contributed by atoms with Gasteiger partial charge in [-0.3, -0.25) is 0 Å². The molecule has 0 aliphatic carbocycles. The molecule has 0 aromatic heterocycles. The molecule has 0 radical (unpaired) electrons. The Morgan fingerprint density at radius 2 is 1.89 bits per heavy atom. The number of rotatable bonds is 9. The molecule has 1 rings (SSSR count). The van der Waals surface area contributed by atoms with Gasteiger partial charge in [0.15, 0.2) is 0 Å². The lowest BCUT2D eigenvalue weighted by molar-refractivity contribution is 0.153. The molecule has 19 heavy (non-hydrogen) atoms. The van der Waals surface area contributed by atoms with Crippen molar-refractivity contribution in [2.75, 3.05) is 31.6 Å². The van der Waals surface area contributed by atoms with Crippen molar-refractivity contribution in [3.8, 4) is 0 Å². The van der Waals surface area contributed by atoms with Crippen LogP contribution in [0.3, 0.4) is 0 Å². The number of para-hydroxylation sites is 1. The highest BCUT2D eigenvalue weighted by Gasteiger charge is 2.17. The van der Waals surface area contributed by atoms with E-state index < -0.39 is 10.0 Å². The average molecular weight is 286 g/mol. The number of ether oxygens (including phenoxy) is 1. The number of benzene rings is 1. The summed E-state index contributed by atoms with van der Waals surface area (Å²) in [6.45, 7) is 5.88. The van der Waals surface area contributed by atoms with Crippen LogP contribution in [0.1, 0.15) is 20.3 Å². The highest BCUT2D eigenvalue weighted by molar-refractivity contribution is 7.89. The largest absolute Gasteiger partial charge is 0.384 e. The molecule has 0 saturated carbocycles. The molecule has 0 unspecified atom stereocenters. The van der Waals surface area contributed by atoms with Crippen LogP contribution in [0.4, 0.5) is 5.69 Å². The van der Waals surface area contributed by atoms with Crippen LogP contribution in [0, 0.1) is 0 Å². The van der Waals surface area contributed by atoms with Crippen molar-refractivity contribution in [2.24, 2.45) is 0 Å².